The standard InChI is InChI=1S/C20H24N4S2/c1-3-4-12-21-20(25)23(2)14-16-15-24(17-9-6-5-7-10-17)22-19(16)18-11-8-13-26-18/h5-11,13,15H,3-4,12,14H2,1-2H3,(H,21,25). The fourth-order valence-corrected chi connectivity index (χ4v) is 3.60. The van der Waals surface area contributed by atoms with Crippen molar-refractivity contribution in [3.8, 4) is 16.3 Å². The Morgan fingerprint density at radius 3 is 2.73 bits per heavy atom. The van der Waals surface area contributed by atoms with Gasteiger partial charge in [-0.3, -0.25) is 0 Å². The second-order valence-corrected chi connectivity index (χ2v) is 7.54. The van der Waals surface area contributed by atoms with E-state index in [9.17, 15) is 0 Å². The van der Waals surface area contributed by atoms with Gasteiger partial charge in [-0.25, -0.2) is 4.68 Å². The van der Waals surface area contributed by atoms with Crippen molar-refractivity contribution in [2.45, 2.75) is 26.3 Å². The van der Waals surface area contributed by atoms with Crippen molar-refractivity contribution in [2.75, 3.05) is 13.6 Å². The van der Waals surface area contributed by atoms with Gasteiger partial charge in [0, 0.05) is 31.9 Å². The number of nitrogens with one attached hydrogen (secondary N) is 1. The molecule has 136 valence electrons. The van der Waals surface area contributed by atoms with Crippen LogP contribution in [0.4, 0.5) is 0 Å². The molecule has 6 heteroatoms. The fourth-order valence-electron chi connectivity index (χ4n) is 2.69. The zero-order chi connectivity index (χ0) is 18.4. The molecular weight excluding hydrogens is 360 g/mol. The summed E-state index contributed by atoms with van der Waals surface area (Å²) < 4.78 is 1.95. The molecule has 0 atom stereocenters. The van der Waals surface area contributed by atoms with Crippen LogP contribution in [0.3, 0.4) is 0 Å². The van der Waals surface area contributed by atoms with Crippen LogP contribution < -0.4 is 5.32 Å². The van der Waals surface area contributed by atoms with E-state index in [1.807, 2.05) is 29.9 Å². The van der Waals surface area contributed by atoms with E-state index < -0.39 is 0 Å². The zero-order valence-corrected chi connectivity index (χ0v) is 16.8. The highest BCUT2D eigenvalue weighted by Gasteiger charge is 2.16. The second kappa shape index (κ2) is 8.96. The number of hydrogen-bond donors (Lipinski definition) is 1. The Morgan fingerprint density at radius 1 is 1.23 bits per heavy atom. The number of rotatable bonds is 7. The highest BCUT2D eigenvalue weighted by atomic mass is 32.1. The molecule has 0 unspecified atom stereocenters. The number of aromatic nitrogens is 2. The minimum absolute atomic E-state index is 0.720. The van der Waals surface area contributed by atoms with Crippen LogP contribution in [0.5, 0.6) is 0 Å². The van der Waals surface area contributed by atoms with Crippen LogP contribution in [0, 0.1) is 0 Å². The molecule has 0 radical (unpaired) electrons. The first kappa shape index (κ1) is 18.6. The average molecular weight is 385 g/mol. The molecule has 1 aromatic carbocycles. The van der Waals surface area contributed by atoms with Crippen LogP contribution in [-0.4, -0.2) is 33.4 Å². The minimum Gasteiger partial charge on any atom is -0.363 e. The lowest BCUT2D eigenvalue weighted by atomic mass is 10.2. The third-order valence-corrected chi connectivity index (χ3v) is 5.46. The number of benzene rings is 1. The Balaban J connectivity index is 1.83. The van der Waals surface area contributed by atoms with Crippen molar-refractivity contribution in [2.24, 2.45) is 0 Å². The van der Waals surface area contributed by atoms with E-state index >= 15 is 0 Å². The lowest BCUT2D eigenvalue weighted by Crippen LogP contribution is -2.37. The lowest BCUT2D eigenvalue weighted by molar-refractivity contribution is 0.488. The first-order valence-corrected chi connectivity index (χ1v) is 10.1. The van der Waals surface area contributed by atoms with Gasteiger partial charge < -0.3 is 10.2 Å². The van der Waals surface area contributed by atoms with Crippen molar-refractivity contribution in [3.63, 3.8) is 0 Å². The van der Waals surface area contributed by atoms with E-state index in [4.69, 9.17) is 17.3 Å². The van der Waals surface area contributed by atoms with Gasteiger partial charge >= 0.3 is 0 Å². The maximum absolute atomic E-state index is 5.52. The number of nitrogens with zero attached hydrogens (tertiary/aromatic N) is 3. The molecule has 26 heavy (non-hydrogen) atoms. The molecule has 0 aliphatic rings. The number of thiocarbonyl (C=S) groups is 1. The average Bonchev–Trinajstić information content (AvgIpc) is 3.32. The monoisotopic (exact) mass is 384 g/mol. The number of hydrogen-bond acceptors (Lipinski definition) is 3. The predicted molar refractivity (Wildman–Crippen MR) is 114 cm³/mol. The molecule has 3 aromatic rings. The van der Waals surface area contributed by atoms with Gasteiger partial charge in [0.1, 0.15) is 5.69 Å². The summed E-state index contributed by atoms with van der Waals surface area (Å²) in [5.74, 6) is 0. The van der Waals surface area contributed by atoms with Crippen LogP contribution in [0.2, 0.25) is 0 Å². The van der Waals surface area contributed by atoms with E-state index in [2.05, 4.69) is 53.0 Å². The van der Waals surface area contributed by atoms with E-state index in [0.29, 0.717) is 0 Å². The van der Waals surface area contributed by atoms with Gasteiger partial charge in [-0.15, -0.1) is 11.3 Å². The Hall–Kier alpha value is -2.18. The Labute approximate surface area is 164 Å². The van der Waals surface area contributed by atoms with Gasteiger partial charge in [0.2, 0.25) is 0 Å². The van der Waals surface area contributed by atoms with E-state index in [1.165, 1.54) is 10.4 Å². The minimum atomic E-state index is 0.720. The number of unbranched alkanes of at least 4 members (excludes halogenated alkanes) is 1. The molecule has 2 aromatic heterocycles. The normalized spacial score (nSPS) is 10.7. The summed E-state index contributed by atoms with van der Waals surface area (Å²) >= 11 is 7.23. The summed E-state index contributed by atoms with van der Waals surface area (Å²) in [6.07, 6.45) is 4.39. The third kappa shape index (κ3) is 4.51. The molecule has 0 bridgehead atoms. The Kier molecular flexibility index (Phi) is 6.41. The van der Waals surface area contributed by atoms with Crippen molar-refractivity contribution >= 4 is 28.7 Å². The maximum Gasteiger partial charge on any atom is 0.168 e. The molecule has 4 nitrogen and oxygen atoms in total. The van der Waals surface area contributed by atoms with E-state index in [0.717, 1.165) is 42.4 Å². The van der Waals surface area contributed by atoms with Crippen LogP contribution in [-0.2, 0) is 6.54 Å². The molecule has 0 aliphatic carbocycles. The van der Waals surface area contributed by atoms with Gasteiger partial charge in [-0.1, -0.05) is 37.6 Å². The van der Waals surface area contributed by atoms with Crippen molar-refractivity contribution in [1.82, 2.24) is 20.0 Å². The molecule has 0 spiro atoms. The molecule has 0 saturated heterocycles. The van der Waals surface area contributed by atoms with Gasteiger partial charge in [0.25, 0.3) is 0 Å². The summed E-state index contributed by atoms with van der Waals surface area (Å²) in [5, 5.41) is 11.0. The largest absolute Gasteiger partial charge is 0.363 e. The van der Waals surface area contributed by atoms with Gasteiger partial charge in [-0.05, 0) is 42.2 Å². The Bertz CT molecular complexity index is 825. The highest BCUT2D eigenvalue weighted by molar-refractivity contribution is 7.80. The molecule has 0 aliphatic heterocycles. The van der Waals surface area contributed by atoms with Crippen molar-refractivity contribution in [3.05, 3.63) is 59.6 Å². The maximum atomic E-state index is 5.52. The highest BCUT2D eigenvalue weighted by Crippen LogP contribution is 2.28. The van der Waals surface area contributed by atoms with E-state index in [-0.39, 0.29) is 0 Å². The molecule has 0 amide bonds. The van der Waals surface area contributed by atoms with Crippen LogP contribution in [0.1, 0.15) is 25.3 Å². The predicted octanol–water partition coefficient (Wildman–Crippen LogP) is 4.71. The number of para-hydroxylation sites is 1. The summed E-state index contributed by atoms with van der Waals surface area (Å²) in [4.78, 5) is 3.25. The molecule has 1 N–H and O–H groups in total. The number of thiophene rings is 1. The van der Waals surface area contributed by atoms with Gasteiger partial charge in [0.05, 0.1) is 10.6 Å². The quantitative estimate of drug-likeness (QED) is 0.472. The van der Waals surface area contributed by atoms with E-state index in [1.54, 1.807) is 11.3 Å². The topological polar surface area (TPSA) is 33.1 Å². The SMILES string of the molecule is CCCCNC(=S)N(C)Cc1cn(-c2ccccc2)nc1-c1cccs1. The van der Waals surface area contributed by atoms with Crippen LogP contribution in [0.15, 0.2) is 54.0 Å². The summed E-state index contributed by atoms with van der Waals surface area (Å²) in [6, 6.07) is 14.4. The first-order valence-electron chi connectivity index (χ1n) is 8.86. The van der Waals surface area contributed by atoms with Crippen molar-refractivity contribution in [1.29, 1.82) is 0 Å². The fraction of sp³-hybridized carbons (Fsp3) is 0.300. The molecule has 3 rings (SSSR count). The van der Waals surface area contributed by atoms with Crippen LogP contribution >= 0.6 is 23.6 Å². The summed E-state index contributed by atoms with van der Waals surface area (Å²) in [7, 11) is 2.03. The Morgan fingerprint density at radius 2 is 2.04 bits per heavy atom. The molecular formula is C20H24N4S2. The van der Waals surface area contributed by atoms with Gasteiger partial charge in [0.15, 0.2) is 5.11 Å². The first-order chi connectivity index (χ1) is 12.7. The molecule has 2 heterocycles. The second-order valence-electron chi connectivity index (χ2n) is 6.20. The third-order valence-electron chi connectivity index (χ3n) is 4.13. The van der Waals surface area contributed by atoms with Crippen molar-refractivity contribution < 1.29 is 0 Å². The molecule has 0 saturated carbocycles. The van der Waals surface area contributed by atoms with Gasteiger partial charge in [-0.2, -0.15) is 5.10 Å². The van der Waals surface area contributed by atoms with Crippen LogP contribution in [0.25, 0.3) is 16.3 Å². The summed E-state index contributed by atoms with van der Waals surface area (Å²) in [5.41, 5.74) is 3.24. The summed E-state index contributed by atoms with van der Waals surface area (Å²) in [6.45, 7) is 3.82. The lowest BCUT2D eigenvalue weighted by Gasteiger charge is -2.20. The molecule has 0 fully saturated rings. The zero-order valence-electron chi connectivity index (χ0n) is 15.2. The smallest absolute Gasteiger partial charge is 0.168 e.